The molecule has 134 valence electrons. The fourth-order valence-corrected chi connectivity index (χ4v) is 3.01. The molecule has 0 radical (unpaired) electrons. The quantitative estimate of drug-likeness (QED) is 0.668. The van der Waals surface area contributed by atoms with Crippen LogP contribution in [0.2, 0.25) is 0 Å². The number of aliphatic hydroxyl groups excluding tert-OH is 1. The molecular weight excluding hydrogens is 312 g/mol. The van der Waals surface area contributed by atoms with Crippen molar-refractivity contribution < 1.29 is 24.1 Å². The summed E-state index contributed by atoms with van der Waals surface area (Å²) < 4.78 is 22.3. The maximum Gasteiger partial charge on any atom is 0.137 e. The van der Waals surface area contributed by atoms with Gasteiger partial charge >= 0.3 is 0 Å². The van der Waals surface area contributed by atoms with Gasteiger partial charge in [0.05, 0.1) is 64.0 Å². The largest absolute Gasteiger partial charge is 0.390 e. The van der Waals surface area contributed by atoms with Crippen LogP contribution in [0.25, 0.3) is 0 Å². The minimum atomic E-state index is -0.106. The molecule has 2 heterocycles. The summed E-state index contributed by atoms with van der Waals surface area (Å²) in [5.74, 6) is 0.786. The third-order valence-electron chi connectivity index (χ3n) is 4.60. The lowest BCUT2D eigenvalue weighted by Gasteiger charge is -2.40. The van der Waals surface area contributed by atoms with Gasteiger partial charge in [0.15, 0.2) is 0 Å². The van der Waals surface area contributed by atoms with Crippen LogP contribution < -0.4 is 0 Å². The van der Waals surface area contributed by atoms with Gasteiger partial charge in [-0.1, -0.05) is 6.42 Å². The van der Waals surface area contributed by atoms with Crippen molar-refractivity contribution in [3.8, 4) is 0 Å². The number of ether oxygens (including phenoxy) is 4. The topological polar surface area (TPSA) is 82.9 Å². The smallest absolute Gasteiger partial charge is 0.137 e. The highest BCUT2D eigenvalue weighted by atomic mass is 16.6. The first-order valence-electron chi connectivity index (χ1n) is 8.60. The van der Waals surface area contributed by atoms with E-state index in [1.54, 1.807) is 12.3 Å². The Balaban J connectivity index is 1.38. The highest BCUT2D eigenvalue weighted by molar-refractivity contribution is 5.15. The van der Waals surface area contributed by atoms with Crippen molar-refractivity contribution in [3.63, 3.8) is 0 Å². The molecule has 24 heavy (non-hydrogen) atoms. The molecule has 7 nitrogen and oxygen atoms in total. The third kappa shape index (κ3) is 4.49. The van der Waals surface area contributed by atoms with E-state index >= 15 is 0 Å². The molecule has 0 aromatic carbocycles. The Morgan fingerprint density at radius 3 is 2.83 bits per heavy atom. The van der Waals surface area contributed by atoms with Gasteiger partial charge in [0, 0.05) is 6.20 Å². The molecule has 2 aliphatic rings. The molecule has 0 spiro atoms. The second kappa shape index (κ2) is 8.82. The highest BCUT2D eigenvalue weighted by Gasteiger charge is 2.41. The lowest BCUT2D eigenvalue weighted by atomic mass is 9.68. The van der Waals surface area contributed by atoms with Crippen molar-refractivity contribution in [2.75, 3.05) is 46.2 Å². The van der Waals surface area contributed by atoms with Gasteiger partial charge in [-0.15, -0.1) is 0 Å². The fraction of sp³-hybridized carbons (Fsp3) is 0.765. The van der Waals surface area contributed by atoms with E-state index in [1.807, 2.05) is 0 Å². The van der Waals surface area contributed by atoms with Crippen molar-refractivity contribution in [2.45, 2.75) is 37.4 Å². The van der Waals surface area contributed by atoms with Gasteiger partial charge < -0.3 is 24.1 Å². The number of aliphatic hydroxyl groups is 1. The summed E-state index contributed by atoms with van der Waals surface area (Å²) in [5.41, 5.74) is 0.551. The molecule has 2 fully saturated rings. The molecule has 7 heteroatoms. The Labute approximate surface area is 142 Å². The maximum absolute atomic E-state index is 9.24. The molecule has 0 amide bonds. The first-order valence-corrected chi connectivity index (χ1v) is 8.60. The lowest BCUT2D eigenvalue weighted by molar-refractivity contribution is -0.119. The lowest BCUT2D eigenvalue weighted by Crippen LogP contribution is -2.41. The zero-order valence-corrected chi connectivity index (χ0v) is 14.0. The van der Waals surface area contributed by atoms with E-state index in [0.29, 0.717) is 51.9 Å². The molecule has 1 atom stereocenters. The number of rotatable bonds is 9. The predicted octanol–water partition coefficient (Wildman–Crippen LogP) is 0.839. The highest BCUT2D eigenvalue weighted by Crippen LogP contribution is 2.42. The Bertz CT molecular complexity index is 504. The second-order valence-corrected chi connectivity index (χ2v) is 6.36. The minimum absolute atomic E-state index is 0.0337. The van der Waals surface area contributed by atoms with Crippen molar-refractivity contribution in [1.29, 1.82) is 0 Å². The molecule has 0 bridgehead atoms. The van der Waals surface area contributed by atoms with Crippen molar-refractivity contribution in [3.05, 3.63) is 23.8 Å². The van der Waals surface area contributed by atoms with E-state index in [9.17, 15) is 5.11 Å². The molecule has 1 aromatic rings. The molecule has 1 aliphatic heterocycles. The Hall–Kier alpha value is -1.12. The van der Waals surface area contributed by atoms with Crippen molar-refractivity contribution in [1.82, 2.24) is 9.97 Å². The Kier molecular flexibility index (Phi) is 6.51. The molecule has 1 saturated heterocycles. The first kappa shape index (κ1) is 17.7. The van der Waals surface area contributed by atoms with Gasteiger partial charge in [0.2, 0.25) is 0 Å². The van der Waals surface area contributed by atoms with Crippen LogP contribution in [0.15, 0.2) is 12.3 Å². The molecule has 0 unspecified atom stereocenters. The van der Waals surface area contributed by atoms with Gasteiger partial charge in [-0.3, -0.25) is 0 Å². The van der Waals surface area contributed by atoms with Gasteiger partial charge in [-0.25, -0.2) is 9.97 Å². The first-order chi connectivity index (χ1) is 11.8. The zero-order chi connectivity index (χ0) is 16.7. The summed E-state index contributed by atoms with van der Waals surface area (Å²) in [5, 5.41) is 9.24. The van der Waals surface area contributed by atoms with Crippen LogP contribution in [0.1, 0.15) is 30.8 Å². The van der Waals surface area contributed by atoms with Crippen LogP contribution in [0.3, 0.4) is 0 Å². The predicted molar refractivity (Wildman–Crippen MR) is 85.7 cm³/mol. The van der Waals surface area contributed by atoms with E-state index in [-0.39, 0.29) is 18.1 Å². The summed E-state index contributed by atoms with van der Waals surface area (Å²) in [7, 11) is 0. The van der Waals surface area contributed by atoms with Gasteiger partial charge in [0.1, 0.15) is 11.9 Å². The van der Waals surface area contributed by atoms with Crippen molar-refractivity contribution >= 4 is 0 Å². The third-order valence-corrected chi connectivity index (χ3v) is 4.60. The van der Waals surface area contributed by atoms with Crippen LogP contribution in [0, 0.1) is 0 Å². The monoisotopic (exact) mass is 338 g/mol. The van der Waals surface area contributed by atoms with Gasteiger partial charge in [-0.05, 0) is 18.9 Å². The molecule has 1 aliphatic carbocycles. The van der Waals surface area contributed by atoms with Gasteiger partial charge in [-0.2, -0.15) is 0 Å². The molecule has 1 saturated carbocycles. The Morgan fingerprint density at radius 2 is 2.12 bits per heavy atom. The summed E-state index contributed by atoms with van der Waals surface area (Å²) in [6.45, 7) is 4.05. The molecular formula is C17H26N2O5. The fourth-order valence-electron chi connectivity index (χ4n) is 3.01. The number of hydrogen-bond acceptors (Lipinski definition) is 7. The number of nitrogens with zero attached hydrogens (tertiary/aromatic N) is 2. The van der Waals surface area contributed by atoms with E-state index < -0.39 is 0 Å². The van der Waals surface area contributed by atoms with Gasteiger partial charge in [0.25, 0.3) is 0 Å². The SMILES string of the molecule is OCc1ccnc(C2(COCCOC[C@H]3COCCO3)CCC2)n1. The Morgan fingerprint density at radius 1 is 1.25 bits per heavy atom. The van der Waals surface area contributed by atoms with Crippen LogP contribution >= 0.6 is 0 Å². The number of aromatic nitrogens is 2. The molecule has 1 N–H and O–H groups in total. The maximum atomic E-state index is 9.24. The molecule has 1 aromatic heterocycles. The summed E-state index contributed by atoms with van der Waals surface area (Å²) in [6, 6.07) is 1.74. The average Bonchev–Trinajstić information content (AvgIpc) is 2.60. The zero-order valence-electron chi connectivity index (χ0n) is 14.0. The summed E-state index contributed by atoms with van der Waals surface area (Å²) >= 11 is 0. The minimum Gasteiger partial charge on any atom is -0.390 e. The van der Waals surface area contributed by atoms with E-state index in [4.69, 9.17) is 18.9 Å². The van der Waals surface area contributed by atoms with Crippen LogP contribution in [-0.2, 0) is 31.0 Å². The van der Waals surface area contributed by atoms with E-state index in [0.717, 1.165) is 25.1 Å². The van der Waals surface area contributed by atoms with E-state index in [1.165, 1.54) is 0 Å². The van der Waals surface area contributed by atoms with E-state index in [2.05, 4.69) is 9.97 Å². The summed E-state index contributed by atoms with van der Waals surface area (Å²) in [4.78, 5) is 8.85. The average molecular weight is 338 g/mol. The van der Waals surface area contributed by atoms with Crippen LogP contribution in [-0.4, -0.2) is 67.4 Å². The standard InChI is InChI=1S/C17H26N2O5/c20-10-14-2-5-18-16(19-14)17(3-1-4-17)13-23-7-6-21-11-15-12-22-8-9-24-15/h2,5,15,20H,1,3-4,6-13H2/t15-/m0/s1. The van der Waals surface area contributed by atoms with Crippen LogP contribution in [0.4, 0.5) is 0 Å². The molecule has 3 rings (SSSR count). The second-order valence-electron chi connectivity index (χ2n) is 6.36. The van der Waals surface area contributed by atoms with Crippen molar-refractivity contribution in [2.24, 2.45) is 0 Å². The summed E-state index contributed by atoms with van der Waals surface area (Å²) in [6.07, 6.45) is 4.95. The normalized spacial score (nSPS) is 23.0. The van der Waals surface area contributed by atoms with Crippen LogP contribution in [0.5, 0.6) is 0 Å². The number of hydrogen-bond donors (Lipinski definition) is 1.